The molecule has 1 aliphatic heterocycles. The molecule has 2 aromatic carbocycles. The summed E-state index contributed by atoms with van der Waals surface area (Å²) in [7, 11) is 0. The van der Waals surface area contributed by atoms with E-state index in [4.69, 9.17) is 11.6 Å². The van der Waals surface area contributed by atoms with E-state index in [1.807, 2.05) is 54.6 Å². The predicted molar refractivity (Wildman–Crippen MR) is 85.4 cm³/mol. The van der Waals surface area contributed by atoms with Crippen molar-refractivity contribution in [1.29, 1.82) is 0 Å². The lowest BCUT2D eigenvalue weighted by molar-refractivity contribution is 0.586. The van der Waals surface area contributed by atoms with Crippen molar-refractivity contribution >= 4 is 23.2 Å². The van der Waals surface area contributed by atoms with E-state index >= 15 is 0 Å². The Morgan fingerprint density at radius 2 is 1.91 bits per heavy atom. The summed E-state index contributed by atoms with van der Waals surface area (Å²) < 4.78 is 1.75. The lowest BCUT2D eigenvalue weighted by atomic mass is 10.0. The zero-order valence-corrected chi connectivity index (χ0v) is 12.3. The Kier molecular flexibility index (Phi) is 3.12. The Labute approximate surface area is 132 Å². The van der Waals surface area contributed by atoms with Crippen LogP contribution in [-0.2, 0) is 0 Å². The fourth-order valence-electron chi connectivity index (χ4n) is 2.57. The fourth-order valence-corrected chi connectivity index (χ4v) is 2.77. The molecule has 5 nitrogen and oxygen atoms in total. The number of benzene rings is 2. The van der Waals surface area contributed by atoms with Crippen LogP contribution in [0.3, 0.4) is 0 Å². The summed E-state index contributed by atoms with van der Waals surface area (Å²) in [6.45, 7) is 0. The smallest absolute Gasteiger partial charge is 0.248 e. The third-order valence-corrected chi connectivity index (χ3v) is 3.84. The number of halogens is 1. The second-order valence-corrected chi connectivity index (χ2v) is 5.45. The number of rotatable bonds is 2. The van der Waals surface area contributed by atoms with Gasteiger partial charge in [0.05, 0.1) is 0 Å². The molecule has 1 aliphatic rings. The summed E-state index contributed by atoms with van der Waals surface area (Å²) in [6.07, 6.45) is 2.10. The molecule has 0 unspecified atom stereocenters. The summed E-state index contributed by atoms with van der Waals surface area (Å²) in [5.74, 6) is 0.617. The SMILES string of the molecule is Clc1cccc([C@@H]2C=C(c3ccccc3)Nc3nnnn32)c1. The maximum absolute atomic E-state index is 6.12. The summed E-state index contributed by atoms with van der Waals surface area (Å²) in [5, 5.41) is 15.8. The predicted octanol–water partition coefficient (Wildman–Crippen LogP) is 3.38. The van der Waals surface area contributed by atoms with Crippen molar-refractivity contribution in [2.75, 3.05) is 5.32 Å². The van der Waals surface area contributed by atoms with Crippen molar-refractivity contribution in [2.45, 2.75) is 6.04 Å². The van der Waals surface area contributed by atoms with Gasteiger partial charge in [-0.1, -0.05) is 59.2 Å². The molecule has 2 heterocycles. The first-order valence-corrected chi connectivity index (χ1v) is 7.27. The summed E-state index contributed by atoms with van der Waals surface area (Å²) >= 11 is 6.12. The number of hydrogen-bond acceptors (Lipinski definition) is 4. The van der Waals surface area contributed by atoms with E-state index in [9.17, 15) is 0 Å². The summed E-state index contributed by atoms with van der Waals surface area (Å²) in [5.41, 5.74) is 3.10. The molecule has 0 aliphatic carbocycles. The van der Waals surface area contributed by atoms with E-state index in [0.717, 1.165) is 16.8 Å². The van der Waals surface area contributed by atoms with Crippen LogP contribution in [0.15, 0.2) is 60.7 Å². The maximum Gasteiger partial charge on any atom is 0.248 e. The Bertz CT molecular complexity index is 841. The van der Waals surface area contributed by atoms with Crippen LogP contribution in [0.1, 0.15) is 17.2 Å². The van der Waals surface area contributed by atoms with Gasteiger partial charge < -0.3 is 5.32 Å². The molecule has 4 rings (SSSR count). The molecular formula is C16H12ClN5. The van der Waals surface area contributed by atoms with Crippen LogP contribution < -0.4 is 5.32 Å². The molecule has 0 radical (unpaired) electrons. The largest absolute Gasteiger partial charge is 0.323 e. The molecule has 1 N–H and O–H groups in total. The van der Waals surface area contributed by atoms with E-state index < -0.39 is 0 Å². The molecule has 0 amide bonds. The monoisotopic (exact) mass is 309 g/mol. The average Bonchev–Trinajstić information content (AvgIpc) is 3.03. The van der Waals surface area contributed by atoms with Crippen molar-refractivity contribution in [1.82, 2.24) is 20.2 Å². The van der Waals surface area contributed by atoms with Crippen LogP contribution in [0.4, 0.5) is 5.95 Å². The van der Waals surface area contributed by atoms with Gasteiger partial charge in [-0.05, 0) is 39.8 Å². The highest BCUT2D eigenvalue weighted by Crippen LogP contribution is 2.32. The van der Waals surface area contributed by atoms with Crippen molar-refractivity contribution in [3.8, 4) is 0 Å². The lowest BCUT2D eigenvalue weighted by Crippen LogP contribution is -2.20. The Balaban J connectivity index is 1.83. The molecule has 108 valence electrons. The zero-order valence-electron chi connectivity index (χ0n) is 11.5. The van der Waals surface area contributed by atoms with Crippen molar-refractivity contribution in [3.05, 3.63) is 76.8 Å². The van der Waals surface area contributed by atoms with Gasteiger partial charge in [-0.3, -0.25) is 0 Å². The van der Waals surface area contributed by atoms with Crippen molar-refractivity contribution < 1.29 is 0 Å². The van der Waals surface area contributed by atoms with E-state index in [-0.39, 0.29) is 6.04 Å². The second kappa shape index (κ2) is 5.27. The molecule has 0 saturated heterocycles. The third kappa shape index (κ3) is 2.25. The molecule has 6 heteroatoms. The van der Waals surface area contributed by atoms with Gasteiger partial charge in [0.15, 0.2) is 0 Å². The van der Waals surface area contributed by atoms with Crippen LogP contribution >= 0.6 is 11.6 Å². The number of fused-ring (bicyclic) bond motifs is 1. The van der Waals surface area contributed by atoms with Gasteiger partial charge in [-0.15, -0.1) is 0 Å². The van der Waals surface area contributed by atoms with Crippen LogP contribution in [0.2, 0.25) is 5.02 Å². The van der Waals surface area contributed by atoms with Gasteiger partial charge in [0.25, 0.3) is 0 Å². The number of hydrogen-bond donors (Lipinski definition) is 1. The van der Waals surface area contributed by atoms with Crippen molar-refractivity contribution in [3.63, 3.8) is 0 Å². The minimum atomic E-state index is -0.0971. The van der Waals surface area contributed by atoms with Crippen molar-refractivity contribution in [2.24, 2.45) is 0 Å². The Morgan fingerprint density at radius 3 is 2.73 bits per heavy atom. The number of aromatic nitrogens is 4. The zero-order chi connectivity index (χ0) is 14.9. The normalized spacial score (nSPS) is 16.6. The molecule has 22 heavy (non-hydrogen) atoms. The molecule has 0 fully saturated rings. The topological polar surface area (TPSA) is 55.6 Å². The standard InChI is InChI=1S/C16H12ClN5/c17-13-8-4-7-12(9-13)15-10-14(11-5-2-1-3-6-11)18-16-19-20-21-22(15)16/h1-10,15H,(H,18,19,21)/t15-/m0/s1. The highest BCUT2D eigenvalue weighted by Gasteiger charge is 2.24. The van der Waals surface area contributed by atoms with Gasteiger partial charge in [0, 0.05) is 10.7 Å². The first kappa shape index (κ1) is 13.0. The quantitative estimate of drug-likeness (QED) is 0.788. The molecule has 0 bridgehead atoms. The van der Waals surface area contributed by atoms with E-state index in [1.165, 1.54) is 0 Å². The third-order valence-electron chi connectivity index (χ3n) is 3.60. The van der Waals surface area contributed by atoms with Gasteiger partial charge in [0.1, 0.15) is 6.04 Å². The van der Waals surface area contributed by atoms with Gasteiger partial charge in [0.2, 0.25) is 5.95 Å². The van der Waals surface area contributed by atoms with Gasteiger partial charge in [-0.2, -0.15) is 4.68 Å². The molecule has 3 aromatic rings. The molecule has 1 atom stereocenters. The van der Waals surface area contributed by atoms with E-state index in [2.05, 4.69) is 26.9 Å². The Hall–Kier alpha value is -2.66. The lowest BCUT2D eigenvalue weighted by Gasteiger charge is -2.23. The van der Waals surface area contributed by atoms with Crippen LogP contribution in [0, 0.1) is 0 Å². The van der Waals surface area contributed by atoms with E-state index in [0.29, 0.717) is 11.0 Å². The Morgan fingerprint density at radius 1 is 1.05 bits per heavy atom. The first-order chi connectivity index (χ1) is 10.8. The summed E-state index contributed by atoms with van der Waals surface area (Å²) in [4.78, 5) is 0. The maximum atomic E-state index is 6.12. The number of nitrogens with zero attached hydrogens (tertiary/aromatic N) is 4. The summed E-state index contributed by atoms with van der Waals surface area (Å²) in [6, 6.07) is 17.7. The number of tetrazole rings is 1. The molecule has 0 spiro atoms. The highest BCUT2D eigenvalue weighted by atomic mass is 35.5. The van der Waals surface area contributed by atoms with Crippen LogP contribution in [0.25, 0.3) is 5.70 Å². The number of anilines is 1. The van der Waals surface area contributed by atoms with Gasteiger partial charge in [-0.25, -0.2) is 0 Å². The highest BCUT2D eigenvalue weighted by molar-refractivity contribution is 6.30. The van der Waals surface area contributed by atoms with Crippen LogP contribution in [0.5, 0.6) is 0 Å². The fraction of sp³-hybridized carbons (Fsp3) is 0.0625. The number of allylic oxidation sites excluding steroid dienone is 1. The molecule has 1 aromatic heterocycles. The second-order valence-electron chi connectivity index (χ2n) is 5.02. The van der Waals surface area contributed by atoms with Gasteiger partial charge >= 0.3 is 0 Å². The average molecular weight is 310 g/mol. The minimum Gasteiger partial charge on any atom is -0.323 e. The number of nitrogens with one attached hydrogen (secondary N) is 1. The molecular weight excluding hydrogens is 298 g/mol. The van der Waals surface area contributed by atoms with Crippen LogP contribution in [-0.4, -0.2) is 20.2 Å². The minimum absolute atomic E-state index is 0.0971. The molecule has 0 saturated carbocycles. The van der Waals surface area contributed by atoms with E-state index in [1.54, 1.807) is 4.68 Å². The first-order valence-electron chi connectivity index (χ1n) is 6.89.